The van der Waals surface area contributed by atoms with Crippen LogP contribution in [0.4, 0.5) is 0 Å². The molecule has 1 N–H and O–H groups in total. The molecule has 0 aliphatic carbocycles. The molecule has 0 fully saturated rings. The number of aromatic amines is 1. The van der Waals surface area contributed by atoms with Gasteiger partial charge in [0.2, 0.25) is 0 Å². The van der Waals surface area contributed by atoms with E-state index in [1.54, 1.807) is 13.4 Å². The first-order valence-corrected chi connectivity index (χ1v) is 6.29. The van der Waals surface area contributed by atoms with E-state index in [1.807, 2.05) is 41.8 Å². The summed E-state index contributed by atoms with van der Waals surface area (Å²) in [5.41, 5.74) is 2.95. The van der Waals surface area contributed by atoms with E-state index in [1.165, 1.54) is 0 Å². The van der Waals surface area contributed by atoms with Gasteiger partial charge >= 0.3 is 0 Å². The monoisotopic (exact) mass is 269 g/mol. The number of aryl methyl sites for hydroxylation is 1. The number of rotatable bonds is 4. The van der Waals surface area contributed by atoms with Crippen LogP contribution in [0.1, 0.15) is 11.3 Å². The summed E-state index contributed by atoms with van der Waals surface area (Å²) in [7, 11) is 1.66. The Bertz CT molecular complexity index is 698. The molecule has 3 rings (SSSR count). The first kappa shape index (κ1) is 12.4. The molecule has 0 spiro atoms. The summed E-state index contributed by atoms with van der Waals surface area (Å²) in [4.78, 5) is 0. The van der Waals surface area contributed by atoms with E-state index in [0.29, 0.717) is 6.54 Å². The van der Waals surface area contributed by atoms with Crippen molar-refractivity contribution in [1.82, 2.24) is 25.0 Å². The van der Waals surface area contributed by atoms with Crippen LogP contribution < -0.4 is 4.74 Å². The summed E-state index contributed by atoms with van der Waals surface area (Å²) in [6, 6.07) is 9.90. The van der Waals surface area contributed by atoms with Gasteiger partial charge in [0, 0.05) is 0 Å². The second kappa shape index (κ2) is 5.16. The highest BCUT2D eigenvalue weighted by Gasteiger charge is 2.10. The average molecular weight is 269 g/mol. The van der Waals surface area contributed by atoms with E-state index < -0.39 is 0 Å². The third-order valence-corrected chi connectivity index (χ3v) is 3.07. The molecule has 102 valence electrons. The first-order chi connectivity index (χ1) is 9.76. The first-order valence-electron chi connectivity index (χ1n) is 6.29. The molecule has 1 aromatic carbocycles. The van der Waals surface area contributed by atoms with Crippen molar-refractivity contribution >= 4 is 0 Å². The summed E-state index contributed by atoms with van der Waals surface area (Å²) in [6.45, 7) is 2.63. The maximum atomic E-state index is 5.16. The molecular formula is C14H15N5O. The smallest absolute Gasteiger partial charge is 0.182 e. The Morgan fingerprint density at radius 2 is 2.05 bits per heavy atom. The molecule has 0 saturated carbocycles. The molecule has 6 nitrogen and oxygen atoms in total. The third-order valence-electron chi connectivity index (χ3n) is 3.07. The highest BCUT2D eigenvalue weighted by Crippen LogP contribution is 2.17. The number of ether oxygens (including phenoxy) is 1. The van der Waals surface area contributed by atoms with Gasteiger partial charge in [-0.25, -0.2) is 0 Å². The van der Waals surface area contributed by atoms with Gasteiger partial charge in [-0.2, -0.15) is 5.10 Å². The number of aromatic nitrogens is 5. The van der Waals surface area contributed by atoms with E-state index in [2.05, 4.69) is 20.4 Å². The fourth-order valence-electron chi connectivity index (χ4n) is 2.04. The van der Waals surface area contributed by atoms with Gasteiger partial charge in [-0.1, -0.05) is 12.1 Å². The van der Waals surface area contributed by atoms with E-state index in [0.717, 1.165) is 28.5 Å². The van der Waals surface area contributed by atoms with Crippen molar-refractivity contribution in [3.63, 3.8) is 0 Å². The molecule has 2 heterocycles. The molecule has 20 heavy (non-hydrogen) atoms. The van der Waals surface area contributed by atoms with Gasteiger partial charge in [-0.15, -0.1) is 10.2 Å². The van der Waals surface area contributed by atoms with Gasteiger partial charge in [-0.3, -0.25) is 5.10 Å². The fourth-order valence-corrected chi connectivity index (χ4v) is 2.04. The quantitative estimate of drug-likeness (QED) is 0.787. The van der Waals surface area contributed by atoms with E-state index in [4.69, 9.17) is 4.74 Å². The zero-order valence-electron chi connectivity index (χ0n) is 11.4. The van der Waals surface area contributed by atoms with Crippen molar-refractivity contribution in [2.24, 2.45) is 0 Å². The number of H-pyrrole nitrogens is 1. The molecule has 0 aliphatic heterocycles. The van der Waals surface area contributed by atoms with Gasteiger partial charge < -0.3 is 9.30 Å². The van der Waals surface area contributed by atoms with E-state index in [9.17, 15) is 0 Å². The summed E-state index contributed by atoms with van der Waals surface area (Å²) in [5, 5.41) is 15.2. The highest BCUT2D eigenvalue weighted by molar-refractivity contribution is 5.49. The van der Waals surface area contributed by atoms with Crippen LogP contribution in [0.5, 0.6) is 5.75 Å². The lowest BCUT2D eigenvalue weighted by molar-refractivity contribution is 0.414. The SMILES string of the molecule is COc1ccc(Cn2cnnc2-c2cc(C)n[nH]2)cc1. The Balaban J connectivity index is 1.86. The summed E-state index contributed by atoms with van der Waals surface area (Å²) in [5.74, 6) is 1.63. The van der Waals surface area contributed by atoms with Crippen LogP contribution in [0.15, 0.2) is 36.7 Å². The molecule has 0 bridgehead atoms. The average Bonchev–Trinajstić information content (AvgIpc) is 3.08. The second-order valence-electron chi connectivity index (χ2n) is 4.55. The number of methoxy groups -OCH3 is 1. The predicted octanol–water partition coefficient (Wildman–Crippen LogP) is 2.03. The van der Waals surface area contributed by atoms with Crippen molar-refractivity contribution < 1.29 is 4.74 Å². The molecule has 0 unspecified atom stereocenters. The minimum atomic E-state index is 0.699. The molecule has 0 atom stereocenters. The number of hydrogen-bond donors (Lipinski definition) is 1. The van der Waals surface area contributed by atoms with Crippen LogP contribution in [0, 0.1) is 6.92 Å². The Hall–Kier alpha value is -2.63. The topological polar surface area (TPSA) is 68.6 Å². The lowest BCUT2D eigenvalue weighted by atomic mass is 10.2. The second-order valence-corrected chi connectivity index (χ2v) is 4.55. The van der Waals surface area contributed by atoms with Crippen molar-refractivity contribution in [3.05, 3.63) is 47.9 Å². The molecule has 3 aromatic rings. The van der Waals surface area contributed by atoms with Crippen LogP contribution in [0.2, 0.25) is 0 Å². The minimum absolute atomic E-state index is 0.699. The van der Waals surface area contributed by atoms with E-state index >= 15 is 0 Å². The van der Waals surface area contributed by atoms with Crippen molar-refractivity contribution in [3.8, 4) is 17.3 Å². The van der Waals surface area contributed by atoms with Crippen LogP contribution in [0.3, 0.4) is 0 Å². The van der Waals surface area contributed by atoms with Crippen molar-refractivity contribution in [2.45, 2.75) is 13.5 Å². The van der Waals surface area contributed by atoms with Gasteiger partial charge in [0.05, 0.1) is 19.3 Å². The van der Waals surface area contributed by atoms with Crippen LogP contribution in [0.25, 0.3) is 11.5 Å². The summed E-state index contributed by atoms with van der Waals surface area (Å²) in [6.07, 6.45) is 1.72. The Kier molecular flexibility index (Phi) is 3.20. The molecule has 0 amide bonds. The van der Waals surface area contributed by atoms with Crippen molar-refractivity contribution in [1.29, 1.82) is 0 Å². The molecular weight excluding hydrogens is 254 g/mol. The maximum Gasteiger partial charge on any atom is 0.182 e. The number of nitrogens with zero attached hydrogens (tertiary/aromatic N) is 4. The molecule has 0 aliphatic rings. The Morgan fingerprint density at radius 1 is 1.25 bits per heavy atom. The van der Waals surface area contributed by atoms with Crippen LogP contribution in [-0.4, -0.2) is 32.1 Å². The molecule has 2 aromatic heterocycles. The number of benzene rings is 1. The van der Waals surface area contributed by atoms with Gasteiger partial charge in [0.25, 0.3) is 0 Å². The maximum absolute atomic E-state index is 5.16. The normalized spacial score (nSPS) is 10.7. The predicted molar refractivity (Wildman–Crippen MR) is 74.4 cm³/mol. The molecule has 0 radical (unpaired) electrons. The van der Waals surface area contributed by atoms with Gasteiger partial charge in [-0.05, 0) is 30.7 Å². The molecule has 6 heteroatoms. The number of hydrogen-bond acceptors (Lipinski definition) is 4. The number of nitrogens with one attached hydrogen (secondary N) is 1. The zero-order chi connectivity index (χ0) is 13.9. The van der Waals surface area contributed by atoms with Gasteiger partial charge in [0.1, 0.15) is 17.8 Å². The van der Waals surface area contributed by atoms with Crippen molar-refractivity contribution in [2.75, 3.05) is 7.11 Å². The lowest BCUT2D eigenvalue weighted by Gasteiger charge is -2.06. The van der Waals surface area contributed by atoms with Crippen LogP contribution in [-0.2, 0) is 6.54 Å². The largest absolute Gasteiger partial charge is 0.497 e. The van der Waals surface area contributed by atoms with Gasteiger partial charge in [0.15, 0.2) is 5.82 Å². The lowest BCUT2D eigenvalue weighted by Crippen LogP contribution is -2.01. The van der Waals surface area contributed by atoms with Crippen LogP contribution >= 0.6 is 0 Å². The minimum Gasteiger partial charge on any atom is -0.497 e. The fraction of sp³-hybridized carbons (Fsp3) is 0.214. The standard InChI is InChI=1S/C14H15N5O/c1-10-7-13(17-16-10)14-18-15-9-19(14)8-11-3-5-12(20-2)6-4-11/h3-7,9H,8H2,1-2H3,(H,16,17). The third kappa shape index (κ3) is 2.40. The highest BCUT2D eigenvalue weighted by atomic mass is 16.5. The zero-order valence-corrected chi connectivity index (χ0v) is 11.4. The Morgan fingerprint density at radius 3 is 2.70 bits per heavy atom. The summed E-state index contributed by atoms with van der Waals surface area (Å²) < 4.78 is 7.14. The Labute approximate surface area is 116 Å². The van der Waals surface area contributed by atoms with E-state index in [-0.39, 0.29) is 0 Å². The summed E-state index contributed by atoms with van der Waals surface area (Å²) >= 11 is 0. The molecule has 0 saturated heterocycles.